The Labute approximate surface area is 134 Å². The van der Waals surface area contributed by atoms with E-state index in [2.05, 4.69) is 5.32 Å². The highest BCUT2D eigenvalue weighted by atomic mass is 32.2. The fourth-order valence-electron chi connectivity index (χ4n) is 2.51. The molecule has 23 heavy (non-hydrogen) atoms. The Morgan fingerprint density at radius 1 is 1.17 bits per heavy atom. The summed E-state index contributed by atoms with van der Waals surface area (Å²) in [6, 6.07) is 3.00. The SMILES string of the molecule is CCCCS(=O)(=O)c1cc2c(cc1NC(C)=O)n(C)c(=O)n2C. The van der Waals surface area contributed by atoms with Gasteiger partial charge >= 0.3 is 5.69 Å². The van der Waals surface area contributed by atoms with E-state index in [4.69, 9.17) is 0 Å². The Morgan fingerprint density at radius 3 is 2.26 bits per heavy atom. The van der Waals surface area contributed by atoms with E-state index in [9.17, 15) is 18.0 Å². The fourth-order valence-corrected chi connectivity index (χ4v) is 4.14. The van der Waals surface area contributed by atoms with Crippen LogP contribution in [-0.4, -0.2) is 29.2 Å². The molecule has 2 rings (SSSR count). The van der Waals surface area contributed by atoms with Gasteiger partial charge in [-0.3, -0.25) is 13.9 Å². The van der Waals surface area contributed by atoms with Crippen LogP contribution in [0.25, 0.3) is 11.0 Å². The van der Waals surface area contributed by atoms with Crippen molar-refractivity contribution in [2.24, 2.45) is 14.1 Å². The molecule has 0 atom stereocenters. The molecule has 8 heteroatoms. The maximum Gasteiger partial charge on any atom is 0.328 e. The molecule has 1 amide bonds. The zero-order valence-corrected chi connectivity index (χ0v) is 14.5. The Kier molecular flexibility index (Phi) is 4.65. The van der Waals surface area contributed by atoms with Crippen molar-refractivity contribution >= 4 is 32.5 Å². The summed E-state index contributed by atoms with van der Waals surface area (Å²) in [5, 5.41) is 2.56. The lowest BCUT2D eigenvalue weighted by atomic mass is 10.2. The lowest BCUT2D eigenvalue weighted by molar-refractivity contribution is -0.114. The van der Waals surface area contributed by atoms with Crippen molar-refractivity contribution in [2.45, 2.75) is 31.6 Å². The van der Waals surface area contributed by atoms with Crippen molar-refractivity contribution in [1.29, 1.82) is 0 Å². The van der Waals surface area contributed by atoms with Crippen LogP contribution in [0.1, 0.15) is 26.7 Å². The van der Waals surface area contributed by atoms with Crippen LogP contribution in [0.5, 0.6) is 0 Å². The zero-order valence-electron chi connectivity index (χ0n) is 13.7. The molecule has 0 aliphatic heterocycles. The molecule has 1 aromatic heterocycles. The largest absolute Gasteiger partial charge is 0.328 e. The zero-order chi connectivity index (χ0) is 17.4. The first-order chi connectivity index (χ1) is 10.7. The number of sulfone groups is 1. The number of rotatable bonds is 5. The topological polar surface area (TPSA) is 90.2 Å². The van der Waals surface area contributed by atoms with Crippen LogP contribution in [0, 0.1) is 0 Å². The summed E-state index contributed by atoms with van der Waals surface area (Å²) < 4.78 is 28.0. The first-order valence-corrected chi connectivity index (χ1v) is 9.04. The van der Waals surface area contributed by atoms with Gasteiger partial charge < -0.3 is 5.32 Å². The molecule has 0 aliphatic rings. The molecular formula is C15H21N3O4S. The van der Waals surface area contributed by atoms with Gasteiger partial charge in [0.2, 0.25) is 5.91 Å². The fraction of sp³-hybridized carbons (Fsp3) is 0.467. The normalized spacial score (nSPS) is 11.8. The first kappa shape index (κ1) is 17.3. The molecule has 0 spiro atoms. The molecule has 1 aromatic carbocycles. The van der Waals surface area contributed by atoms with Gasteiger partial charge in [-0.25, -0.2) is 13.2 Å². The summed E-state index contributed by atoms with van der Waals surface area (Å²) in [5.74, 6) is -0.361. The number of imidazole rings is 1. The number of anilines is 1. The maximum atomic E-state index is 12.6. The summed E-state index contributed by atoms with van der Waals surface area (Å²) in [4.78, 5) is 23.5. The van der Waals surface area contributed by atoms with E-state index < -0.39 is 9.84 Å². The first-order valence-electron chi connectivity index (χ1n) is 7.39. The number of aryl methyl sites for hydroxylation is 2. The summed E-state index contributed by atoms with van der Waals surface area (Å²) in [6.07, 6.45) is 1.29. The summed E-state index contributed by atoms with van der Waals surface area (Å²) in [6.45, 7) is 3.23. The van der Waals surface area contributed by atoms with Gasteiger partial charge in [0.05, 0.1) is 27.4 Å². The number of unbranched alkanes of at least 4 members (excludes halogenated alkanes) is 1. The van der Waals surface area contributed by atoms with Crippen molar-refractivity contribution in [3.63, 3.8) is 0 Å². The van der Waals surface area contributed by atoms with Gasteiger partial charge in [-0.15, -0.1) is 0 Å². The van der Waals surface area contributed by atoms with Crippen LogP contribution in [0.4, 0.5) is 5.69 Å². The van der Waals surface area contributed by atoms with Crippen molar-refractivity contribution in [2.75, 3.05) is 11.1 Å². The van der Waals surface area contributed by atoms with Gasteiger partial charge in [0.15, 0.2) is 9.84 Å². The van der Waals surface area contributed by atoms with Crippen LogP contribution in [0.15, 0.2) is 21.8 Å². The van der Waals surface area contributed by atoms with Crippen LogP contribution >= 0.6 is 0 Å². The van der Waals surface area contributed by atoms with E-state index in [-0.39, 0.29) is 27.9 Å². The van der Waals surface area contributed by atoms with Gasteiger partial charge in [-0.05, 0) is 18.6 Å². The van der Waals surface area contributed by atoms with Crippen molar-refractivity contribution in [1.82, 2.24) is 9.13 Å². The highest BCUT2D eigenvalue weighted by Crippen LogP contribution is 2.28. The van der Waals surface area contributed by atoms with Crippen molar-refractivity contribution in [3.05, 3.63) is 22.6 Å². The number of nitrogens with one attached hydrogen (secondary N) is 1. The predicted octanol–water partition coefficient (Wildman–Crippen LogP) is 1.41. The van der Waals surface area contributed by atoms with Gasteiger partial charge in [-0.1, -0.05) is 13.3 Å². The van der Waals surface area contributed by atoms with E-state index in [0.717, 1.165) is 6.42 Å². The molecule has 0 bridgehead atoms. The summed E-state index contributed by atoms with van der Waals surface area (Å²) in [7, 11) is -0.357. The molecule has 0 saturated carbocycles. The Bertz CT molecular complexity index is 922. The number of hydrogen-bond donors (Lipinski definition) is 1. The molecule has 0 fully saturated rings. The van der Waals surface area contributed by atoms with Gasteiger partial charge in [0.1, 0.15) is 0 Å². The Balaban J connectivity index is 2.77. The highest BCUT2D eigenvalue weighted by molar-refractivity contribution is 7.91. The van der Waals surface area contributed by atoms with Crippen molar-refractivity contribution in [3.8, 4) is 0 Å². The molecule has 2 aromatic rings. The highest BCUT2D eigenvalue weighted by Gasteiger charge is 2.22. The molecule has 1 heterocycles. The van der Waals surface area contributed by atoms with Gasteiger partial charge in [-0.2, -0.15) is 0 Å². The third-order valence-electron chi connectivity index (χ3n) is 3.79. The number of benzene rings is 1. The molecule has 0 radical (unpaired) electrons. The average Bonchev–Trinajstić information content (AvgIpc) is 2.68. The molecular weight excluding hydrogens is 318 g/mol. The number of fused-ring (bicyclic) bond motifs is 1. The second kappa shape index (κ2) is 6.19. The molecule has 7 nitrogen and oxygen atoms in total. The molecule has 1 N–H and O–H groups in total. The van der Waals surface area contributed by atoms with Gasteiger partial charge in [0.25, 0.3) is 0 Å². The minimum atomic E-state index is -3.55. The standard InChI is InChI=1S/C15H21N3O4S/c1-5-6-7-23(21,22)14-9-13-12(8-11(14)16-10(2)19)17(3)15(20)18(13)4/h8-9H,5-7H2,1-4H3,(H,16,19). The predicted molar refractivity (Wildman–Crippen MR) is 89.4 cm³/mol. The monoisotopic (exact) mass is 339 g/mol. The minimum Gasteiger partial charge on any atom is -0.325 e. The third-order valence-corrected chi connectivity index (χ3v) is 5.62. The Hall–Kier alpha value is -2.09. The number of aromatic nitrogens is 2. The van der Waals surface area contributed by atoms with Gasteiger partial charge in [0, 0.05) is 21.0 Å². The number of carbonyl (C=O) groups is 1. The van der Waals surface area contributed by atoms with E-state index in [1.165, 1.54) is 28.2 Å². The lowest BCUT2D eigenvalue weighted by Crippen LogP contribution is -2.19. The van der Waals surface area contributed by atoms with E-state index in [0.29, 0.717) is 17.5 Å². The molecule has 0 aliphatic carbocycles. The second-order valence-corrected chi connectivity index (χ2v) is 7.67. The number of amides is 1. The Morgan fingerprint density at radius 2 is 1.74 bits per heavy atom. The van der Waals surface area contributed by atoms with E-state index in [1.54, 1.807) is 14.1 Å². The van der Waals surface area contributed by atoms with Crippen LogP contribution in [0.3, 0.4) is 0 Å². The van der Waals surface area contributed by atoms with E-state index >= 15 is 0 Å². The molecule has 0 saturated heterocycles. The average molecular weight is 339 g/mol. The second-order valence-electron chi connectivity index (χ2n) is 5.59. The van der Waals surface area contributed by atoms with Crippen LogP contribution in [0.2, 0.25) is 0 Å². The number of hydrogen-bond acceptors (Lipinski definition) is 4. The summed E-state index contributed by atoms with van der Waals surface area (Å²) >= 11 is 0. The maximum absolute atomic E-state index is 12.6. The summed E-state index contributed by atoms with van der Waals surface area (Å²) in [5.41, 5.74) is 1.04. The number of carbonyl (C=O) groups excluding carboxylic acids is 1. The van der Waals surface area contributed by atoms with E-state index in [1.807, 2.05) is 6.92 Å². The quantitative estimate of drug-likeness (QED) is 0.892. The number of nitrogens with zero attached hydrogens (tertiary/aromatic N) is 2. The van der Waals surface area contributed by atoms with Crippen LogP contribution < -0.4 is 11.0 Å². The minimum absolute atomic E-state index is 0.00235. The molecule has 0 unspecified atom stereocenters. The van der Waals surface area contributed by atoms with Crippen LogP contribution in [-0.2, 0) is 28.7 Å². The van der Waals surface area contributed by atoms with Crippen molar-refractivity contribution < 1.29 is 13.2 Å². The third kappa shape index (κ3) is 3.17. The smallest absolute Gasteiger partial charge is 0.325 e. The lowest BCUT2D eigenvalue weighted by Gasteiger charge is -2.12. The molecule has 126 valence electrons.